The summed E-state index contributed by atoms with van der Waals surface area (Å²) in [6, 6.07) is 14.4. The van der Waals surface area contributed by atoms with Gasteiger partial charge in [0.25, 0.3) is 0 Å². The van der Waals surface area contributed by atoms with Gasteiger partial charge in [-0.2, -0.15) is 0 Å². The zero-order chi connectivity index (χ0) is 15.9. The van der Waals surface area contributed by atoms with E-state index in [2.05, 4.69) is 13.8 Å². The smallest absolute Gasteiger partial charge is 0.170 e. The Hall–Kier alpha value is -2.29. The molecule has 2 aromatic rings. The molecule has 0 aromatic heterocycles. The summed E-state index contributed by atoms with van der Waals surface area (Å²) in [4.78, 5) is 12.2. The Kier molecular flexibility index (Phi) is 5.59. The number of benzene rings is 2. The summed E-state index contributed by atoms with van der Waals surface area (Å²) in [6.45, 7) is 4.87. The average molecular weight is 298 g/mol. The van der Waals surface area contributed by atoms with Crippen molar-refractivity contribution in [3.63, 3.8) is 0 Å². The molecule has 116 valence electrons. The molecule has 3 heteroatoms. The molecule has 0 fully saturated rings. The first-order valence-corrected chi connectivity index (χ1v) is 7.59. The van der Waals surface area contributed by atoms with Gasteiger partial charge in [0.2, 0.25) is 0 Å². The van der Waals surface area contributed by atoms with Crippen LogP contribution in [0.2, 0.25) is 0 Å². The largest absolute Gasteiger partial charge is 0.507 e. The molecule has 0 amide bonds. The van der Waals surface area contributed by atoms with Gasteiger partial charge >= 0.3 is 0 Å². The normalized spacial score (nSPS) is 10.7. The van der Waals surface area contributed by atoms with Gasteiger partial charge in [0.1, 0.15) is 11.5 Å². The second kappa shape index (κ2) is 7.64. The highest BCUT2D eigenvalue weighted by molar-refractivity contribution is 6.00. The number of carbonyl (C=O) groups is 1. The number of phenolic OH excluding ortho intramolecular Hbond substituents is 1. The van der Waals surface area contributed by atoms with Gasteiger partial charge < -0.3 is 9.84 Å². The predicted molar refractivity (Wildman–Crippen MR) is 87.5 cm³/mol. The predicted octanol–water partition coefficient (Wildman–Crippen LogP) is 4.24. The van der Waals surface area contributed by atoms with Crippen molar-refractivity contribution < 1.29 is 14.6 Å². The van der Waals surface area contributed by atoms with Gasteiger partial charge in [-0.05, 0) is 30.0 Å². The minimum absolute atomic E-state index is 0.0250. The zero-order valence-electron chi connectivity index (χ0n) is 13.1. The van der Waals surface area contributed by atoms with E-state index in [-0.39, 0.29) is 18.0 Å². The Labute approximate surface area is 131 Å². The van der Waals surface area contributed by atoms with E-state index in [9.17, 15) is 9.90 Å². The lowest BCUT2D eigenvalue weighted by molar-refractivity contribution is 0.0990. The Morgan fingerprint density at radius 1 is 1.14 bits per heavy atom. The number of Topliss-reactive ketones (excluding diaryl/α,β-unsaturated/α-hetero) is 1. The minimum Gasteiger partial charge on any atom is -0.507 e. The number of rotatable bonds is 7. The fourth-order valence-corrected chi connectivity index (χ4v) is 2.13. The molecule has 0 saturated heterocycles. The Morgan fingerprint density at radius 3 is 2.50 bits per heavy atom. The van der Waals surface area contributed by atoms with E-state index in [1.807, 2.05) is 30.3 Å². The van der Waals surface area contributed by atoms with E-state index in [0.717, 1.165) is 12.0 Å². The van der Waals surface area contributed by atoms with Crippen LogP contribution in [0.1, 0.15) is 36.2 Å². The SMILES string of the molecule is CC(C)CCOc1ccc(C(=O)Cc2ccccc2)c(O)c1. The van der Waals surface area contributed by atoms with E-state index in [0.29, 0.717) is 23.8 Å². The molecule has 3 nitrogen and oxygen atoms in total. The van der Waals surface area contributed by atoms with E-state index in [1.165, 1.54) is 6.07 Å². The number of ketones is 1. The summed E-state index contributed by atoms with van der Waals surface area (Å²) in [5.41, 5.74) is 1.27. The molecule has 1 N–H and O–H groups in total. The number of aromatic hydroxyl groups is 1. The van der Waals surface area contributed by atoms with Crippen molar-refractivity contribution in [1.29, 1.82) is 0 Å². The maximum absolute atomic E-state index is 12.2. The molecule has 0 unspecified atom stereocenters. The molecule has 0 radical (unpaired) electrons. The standard InChI is InChI=1S/C19H22O3/c1-14(2)10-11-22-16-8-9-17(19(21)13-16)18(20)12-15-6-4-3-5-7-15/h3-9,13-14,21H,10-12H2,1-2H3. The first-order chi connectivity index (χ1) is 10.6. The molecule has 0 heterocycles. The van der Waals surface area contributed by atoms with Crippen molar-refractivity contribution in [2.75, 3.05) is 6.61 Å². The molecular formula is C19H22O3. The molecule has 2 aromatic carbocycles. The van der Waals surface area contributed by atoms with Gasteiger partial charge in [-0.25, -0.2) is 0 Å². The molecule has 0 bridgehead atoms. The Balaban J connectivity index is 2.01. The van der Waals surface area contributed by atoms with E-state index < -0.39 is 0 Å². The zero-order valence-corrected chi connectivity index (χ0v) is 13.1. The third kappa shape index (κ3) is 4.62. The monoisotopic (exact) mass is 298 g/mol. The highest BCUT2D eigenvalue weighted by Gasteiger charge is 2.12. The highest BCUT2D eigenvalue weighted by Crippen LogP contribution is 2.25. The number of hydrogen-bond acceptors (Lipinski definition) is 3. The Bertz CT molecular complexity index is 618. The Morgan fingerprint density at radius 2 is 1.86 bits per heavy atom. The van der Waals surface area contributed by atoms with Crippen LogP contribution < -0.4 is 4.74 Å². The van der Waals surface area contributed by atoms with Crippen LogP contribution in [-0.4, -0.2) is 17.5 Å². The van der Waals surface area contributed by atoms with Crippen molar-refractivity contribution in [2.24, 2.45) is 5.92 Å². The van der Waals surface area contributed by atoms with Gasteiger partial charge in [0, 0.05) is 12.5 Å². The van der Waals surface area contributed by atoms with Crippen LogP contribution in [0.15, 0.2) is 48.5 Å². The minimum atomic E-state index is -0.0996. The number of ether oxygens (including phenoxy) is 1. The van der Waals surface area contributed by atoms with E-state index in [1.54, 1.807) is 12.1 Å². The molecule has 0 atom stereocenters. The van der Waals surface area contributed by atoms with Crippen LogP contribution in [-0.2, 0) is 6.42 Å². The summed E-state index contributed by atoms with van der Waals surface area (Å²) >= 11 is 0. The molecule has 2 rings (SSSR count). The fourth-order valence-electron chi connectivity index (χ4n) is 2.13. The third-order valence-electron chi connectivity index (χ3n) is 3.44. The first kappa shape index (κ1) is 16.1. The summed E-state index contributed by atoms with van der Waals surface area (Å²) in [6.07, 6.45) is 1.23. The van der Waals surface area contributed by atoms with Crippen molar-refractivity contribution in [3.8, 4) is 11.5 Å². The van der Waals surface area contributed by atoms with Gasteiger partial charge in [0.05, 0.1) is 12.2 Å². The lowest BCUT2D eigenvalue weighted by Crippen LogP contribution is -2.05. The lowest BCUT2D eigenvalue weighted by atomic mass is 10.0. The molecular weight excluding hydrogens is 276 g/mol. The van der Waals surface area contributed by atoms with Gasteiger partial charge in [-0.3, -0.25) is 4.79 Å². The van der Waals surface area contributed by atoms with Crippen LogP contribution >= 0.6 is 0 Å². The van der Waals surface area contributed by atoms with Gasteiger partial charge in [0.15, 0.2) is 5.78 Å². The van der Waals surface area contributed by atoms with Crippen molar-refractivity contribution >= 4 is 5.78 Å². The second-order valence-corrected chi connectivity index (χ2v) is 5.80. The fraction of sp³-hybridized carbons (Fsp3) is 0.316. The van der Waals surface area contributed by atoms with Crippen LogP contribution in [0.4, 0.5) is 0 Å². The van der Waals surface area contributed by atoms with E-state index in [4.69, 9.17) is 4.74 Å². The second-order valence-electron chi connectivity index (χ2n) is 5.80. The molecule has 22 heavy (non-hydrogen) atoms. The molecule has 0 spiro atoms. The number of hydrogen-bond donors (Lipinski definition) is 1. The van der Waals surface area contributed by atoms with Crippen LogP contribution in [0, 0.1) is 5.92 Å². The maximum atomic E-state index is 12.2. The van der Waals surface area contributed by atoms with Crippen molar-refractivity contribution in [1.82, 2.24) is 0 Å². The van der Waals surface area contributed by atoms with Gasteiger partial charge in [-0.1, -0.05) is 44.2 Å². The third-order valence-corrected chi connectivity index (χ3v) is 3.44. The summed E-state index contributed by atoms with van der Waals surface area (Å²) in [5.74, 6) is 1.04. The van der Waals surface area contributed by atoms with E-state index >= 15 is 0 Å². The van der Waals surface area contributed by atoms with Crippen LogP contribution in [0.25, 0.3) is 0 Å². The summed E-state index contributed by atoms with van der Waals surface area (Å²) in [7, 11) is 0. The van der Waals surface area contributed by atoms with Gasteiger partial charge in [-0.15, -0.1) is 0 Å². The molecule has 0 aliphatic heterocycles. The van der Waals surface area contributed by atoms with Crippen molar-refractivity contribution in [2.45, 2.75) is 26.7 Å². The quantitative estimate of drug-likeness (QED) is 0.778. The molecule has 0 aliphatic carbocycles. The van der Waals surface area contributed by atoms with Crippen molar-refractivity contribution in [3.05, 3.63) is 59.7 Å². The first-order valence-electron chi connectivity index (χ1n) is 7.59. The maximum Gasteiger partial charge on any atom is 0.170 e. The average Bonchev–Trinajstić information content (AvgIpc) is 2.48. The summed E-state index contributed by atoms with van der Waals surface area (Å²) < 4.78 is 5.58. The van der Waals surface area contributed by atoms with Crippen LogP contribution in [0.3, 0.4) is 0 Å². The lowest BCUT2D eigenvalue weighted by Gasteiger charge is -2.10. The molecule has 0 saturated carbocycles. The summed E-state index contributed by atoms with van der Waals surface area (Å²) in [5, 5.41) is 10.0. The topological polar surface area (TPSA) is 46.5 Å². The number of phenols is 1. The molecule has 0 aliphatic rings. The highest BCUT2D eigenvalue weighted by atomic mass is 16.5. The van der Waals surface area contributed by atoms with Crippen LogP contribution in [0.5, 0.6) is 11.5 Å². The number of carbonyl (C=O) groups excluding carboxylic acids is 1.